The Bertz CT molecular complexity index is 483. The Kier molecular flexibility index (Phi) is 4.85. The van der Waals surface area contributed by atoms with E-state index in [-0.39, 0.29) is 12.2 Å². The second-order valence-electron chi connectivity index (χ2n) is 3.36. The maximum absolute atomic E-state index is 10.6. The lowest BCUT2D eigenvalue weighted by atomic mass is 10.3. The zero-order valence-electron chi connectivity index (χ0n) is 8.92. The predicted molar refractivity (Wildman–Crippen MR) is 64.5 cm³/mol. The van der Waals surface area contributed by atoms with Crippen LogP contribution >= 0.6 is 11.3 Å². The third-order valence-corrected chi connectivity index (χ3v) is 3.47. The molecule has 96 valence electrons. The number of sulfonamides is 1. The van der Waals surface area contributed by atoms with Crippen molar-refractivity contribution in [1.82, 2.24) is 4.98 Å². The summed E-state index contributed by atoms with van der Waals surface area (Å²) in [6, 6.07) is 0. The fourth-order valence-electron chi connectivity index (χ4n) is 1.09. The maximum Gasteiger partial charge on any atom is 0.309 e. The number of primary sulfonamides is 1. The Morgan fingerprint density at radius 2 is 2.29 bits per heavy atom. The van der Waals surface area contributed by atoms with Crippen LogP contribution in [-0.2, 0) is 21.2 Å². The third-order valence-electron chi connectivity index (χ3n) is 1.77. The minimum atomic E-state index is -3.42. The minimum absolute atomic E-state index is 0.0899. The van der Waals surface area contributed by atoms with E-state index in [1.165, 1.54) is 11.3 Å². The summed E-state index contributed by atoms with van der Waals surface area (Å²) in [6.45, 7) is 0.427. The first kappa shape index (κ1) is 13.9. The van der Waals surface area contributed by atoms with E-state index in [1.807, 2.05) is 0 Å². The smallest absolute Gasteiger partial charge is 0.309 e. The van der Waals surface area contributed by atoms with Crippen LogP contribution in [0.25, 0.3) is 0 Å². The molecule has 0 fully saturated rings. The Morgan fingerprint density at radius 3 is 2.88 bits per heavy atom. The van der Waals surface area contributed by atoms with E-state index >= 15 is 0 Å². The zero-order chi connectivity index (χ0) is 12.9. The summed E-state index contributed by atoms with van der Waals surface area (Å²) < 4.78 is 21.3. The molecule has 0 spiro atoms. The molecule has 4 N–H and O–H groups in total. The van der Waals surface area contributed by atoms with Gasteiger partial charge in [0.05, 0.1) is 17.9 Å². The van der Waals surface area contributed by atoms with E-state index in [9.17, 15) is 13.2 Å². The summed E-state index contributed by atoms with van der Waals surface area (Å²) in [5.41, 5.74) is 0.483. The molecule has 1 aromatic rings. The third kappa shape index (κ3) is 6.19. The van der Waals surface area contributed by atoms with Crippen molar-refractivity contribution < 1.29 is 18.3 Å². The minimum Gasteiger partial charge on any atom is -0.481 e. The van der Waals surface area contributed by atoms with Crippen molar-refractivity contribution in [2.45, 2.75) is 12.8 Å². The number of rotatable bonds is 7. The lowest BCUT2D eigenvalue weighted by molar-refractivity contribution is -0.136. The number of carboxylic acids is 1. The van der Waals surface area contributed by atoms with E-state index < -0.39 is 16.0 Å². The second kappa shape index (κ2) is 5.94. The maximum atomic E-state index is 10.6. The van der Waals surface area contributed by atoms with Crippen LogP contribution in [0.15, 0.2) is 5.38 Å². The molecule has 0 saturated carbocycles. The number of thiazole rings is 1. The first-order valence-electron chi connectivity index (χ1n) is 4.77. The van der Waals surface area contributed by atoms with Crippen LogP contribution in [-0.4, -0.2) is 36.8 Å². The molecule has 1 heterocycles. The van der Waals surface area contributed by atoms with Gasteiger partial charge >= 0.3 is 5.97 Å². The number of aromatic nitrogens is 1. The number of aliphatic carboxylic acids is 1. The number of nitrogens with two attached hydrogens (primary N) is 1. The summed E-state index contributed by atoms with van der Waals surface area (Å²) >= 11 is 1.28. The van der Waals surface area contributed by atoms with Crippen molar-refractivity contribution in [3.05, 3.63) is 11.1 Å². The largest absolute Gasteiger partial charge is 0.481 e. The molecule has 1 rings (SSSR count). The van der Waals surface area contributed by atoms with E-state index in [0.717, 1.165) is 0 Å². The average molecular weight is 279 g/mol. The molecule has 9 heteroatoms. The molecule has 0 aliphatic heterocycles. The van der Waals surface area contributed by atoms with Crippen molar-refractivity contribution in [3.63, 3.8) is 0 Å². The van der Waals surface area contributed by atoms with Gasteiger partial charge in [0.1, 0.15) is 0 Å². The molecule has 1 aromatic heterocycles. The van der Waals surface area contributed by atoms with Gasteiger partial charge in [0, 0.05) is 11.9 Å². The van der Waals surface area contributed by atoms with Gasteiger partial charge in [-0.1, -0.05) is 0 Å². The molecule has 0 saturated heterocycles. The highest BCUT2D eigenvalue weighted by Crippen LogP contribution is 2.15. The van der Waals surface area contributed by atoms with Gasteiger partial charge < -0.3 is 10.4 Å². The summed E-state index contributed by atoms with van der Waals surface area (Å²) in [7, 11) is -3.42. The Balaban J connectivity index is 2.32. The highest BCUT2D eigenvalue weighted by Gasteiger charge is 2.06. The molecule has 0 atom stereocenters. The van der Waals surface area contributed by atoms with E-state index in [0.29, 0.717) is 23.8 Å². The van der Waals surface area contributed by atoms with Crippen LogP contribution in [0.5, 0.6) is 0 Å². The van der Waals surface area contributed by atoms with Gasteiger partial charge in [-0.05, 0) is 6.42 Å². The fourth-order valence-corrected chi connectivity index (χ4v) is 2.38. The molecule has 7 nitrogen and oxygen atoms in total. The lowest BCUT2D eigenvalue weighted by Gasteiger charge is -2.00. The van der Waals surface area contributed by atoms with E-state index in [4.69, 9.17) is 10.2 Å². The standard InChI is InChI=1S/C8H13N3O4S2/c9-17(14,15)3-1-2-10-8-11-6(5-16-8)4-7(12)13/h5H,1-4H2,(H,10,11)(H,12,13)(H2,9,14,15). The molecule has 0 unspecified atom stereocenters. The Morgan fingerprint density at radius 1 is 1.59 bits per heavy atom. The molecule has 0 aromatic carbocycles. The Hall–Kier alpha value is -1.19. The average Bonchev–Trinajstić information content (AvgIpc) is 2.58. The highest BCUT2D eigenvalue weighted by molar-refractivity contribution is 7.89. The topological polar surface area (TPSA) is 122 Å². The Labute approximate surface area is 103 Å². The summed E-state index contributed by atoms with van der Waals surface area (Å²) in [4.78, 5) is 14.4. The van der Waals surface area contributed by atoms with Gasteiger partial charge in [-0.2, -0.15) is 0 Å². The first-order valence-corrected chi connectivity index (χ1v) is 7.37. The van der Waals surface area contributed by atoms with Crippen molar-refractivity contribution in [2.24, 2.45) is 5.14 Å². The van der Waals surface area contributed by atoms with Gasteiger partial charge in [0.15, 0.2) is 5.13 Å². The van der Waals surface area contributed by atoms with Crippen LogP contribution in [0.4, 0.5) is 5.13 Å². The van der Waals surface area contributed by atoms with Crippen LogP contribution in [0.2, 0.25) is 0 Å². The number of carbonyl (C=O) groups is 1. The summed E-state index contributed by atoms with van der Waals surface area (Å²) in [5, 5.41) is 18.5. The number of carboxylic acid groups (broad SMARTS) is 1. The van der Waals surface area contributed by atoms with Gasteiger partial charge in [-0.15, -0.1) is 11.3 Å². The van der Waals surface area contributed by atoms with E-state index in [2.05, 4.69) is 10.3 Å². The highest BCUT2D eigenvalue weighted by atomic mass is 32.2. The van der Waals surface area contributed by atoms with Crippen LogP contribution in [0, 0.1) is 0 Å². The summed E-state index contributed by atoms with van der Waals surface area (Å²) in [6.07, 6.45) is 0.266. The zero-order valence-corrected chi connectivity index (χ0v) is 10.6. The molecule has 17 heavy (non-hydrogen) atoms. The van der Waals surface area contributed by atoms with Crippen molar-refractivity contribution in [2.75, 3.05) is 17.6 Å². The fraction of sp³-hybridized carbons (Fsp3) is 0.500. The van der Waals surface area contributed by atoms with Crippen molar-refractivity contribution in [3.8, 4) is 0 Å². The number of nitrogens with one attached hydrogen (secondary N) is 1. The molecule has 0 aliphatic rings. The monoisotopic (exact) mass is 279 g/mol. The number of anilines is 1. The molecular weight excluding hydrogens is 266 g/mol. The van der Waals surface area contributed by atoms with Gasteiger partial charge in [0.2, 0.25) is 10.0 Å². The van der Waals surface area contributed by atoms with Crippen molar-refractivity contribution >= 4 is 32.5 Å². The second-order valence-corrected chi connectivity index (χ2v) is 5.95. The molecule has 0 radical (unpaired) electrons. The normalized spacial score (nSPS) is 11.4. The number of hydrogen-bond acceptors (Lipinski definition) is 6. The predicted octanol–water partition coefficient (Wildman–Crippen LogP) is -0.139. The van der Waals surface area contributed by atoms with Gasteiger partial charge in [0.25, 0.3) is 0 Å². The molecular formula is C8H13N3O4S2. The number of hydrogen-bond donors (Lipinski definition) is 3. The van der Waals surface area contributed by atoms with Crippen molar-refractivity contribution in [1.29, 1.82) is 0 Å². The number of nitrogens with zero attached hydrogens (tertiary/aromatic N) is 1. The quantitative estimate of drug-likeness (QED) is 0.597. The van der Waals surface area contributed by atoms with Gasteiger partial charge in [-0.25, -0.2) is 18.5 Å². The van der Waals surface area contributed by atoms with Crippen LogP contribution in [0.3, 0.4) is 0 Å². The molecule has 0 bridgehead atoms. The lowest BCUT2D eigenvalue weighted by Crippen LogP contribution is -2.18. The van der Waals surface area contributed by atoms with E-state index in [1.54, 1.807) is 5.38 Å². The SMILES string of the molecule is NS(=O)(=O)CCCNc1nc(CC(=O)O)cs1. The summed E-state index contributed by atoms with van der Waals surface area (Å²) in [5.74, 6) is -1.02. The van der Waals surface area contributed by atoms with Gasteiger partial charge in [-0.3, -0.25) is 4.79 Å². The first-order chi connectivity index (χ1) is 7.87. The molecule has 0 amide bonds. The van der Waals surface area contributed by atoms with Crippen LogP contribution < -0.4 is 10.5 Å². The van der Waals surface area contributed by atoms with Crippen LogP contribution in [0.1, 0.15) is 12.1 Å². The molecule has 0 aliphatic carbocycles.